The minimum absolute atomic E-state index is 0.00688. The summed E-state index contributed by atoms with van der Waals surface area (Å²) >= 11 is 0. The number of hydrogen-bond acceptors (Lipinski definition) is 3. The van der Waals surface area contributed by atoms with Crippen LogP contribution in [0.15, 0.2) is 36.5 Å². The molecule has 25 heavy (non-hydrogen) atoms. The third-order valence-electron chi connectivity index (χ3n) is 4.91. The number of carbonyl (C=O) groups is 1. The van der Waals surface area contributed by atoms with Crippen LogP contribution in [0.5, 0.6) is 0 Å². The third kappa shape index (κ3) is 4.69. The summed E-state index contributed by atoms with van der Waals surface area (Å²) < 4.78 is 1.98. The fraction of sp³-hybridized carbons (Fsp3) is 0.500. The van der Waals surface area contributed by atoms with Gasteiger partial charge in [0.15, 0.2) is 0 Å². The molecule has 0 unspecified atom stereocenters. The summed E-state index contributed by atoms with van der Waals surface area (Å²) in [6, 6.07) is 10.9. The highest BCUT2D eigenvalue weighted by Crippen LogP contribution is 2.31. The molecule has 1 aromatic heterocycles. The lowest BCUT2D eigenvalue weighted by Gasteiger charge is -2.18. The Morgan fingerprint density at radius 2 is 1.88 bits per heavy atom. The van der Waals surface area contributed by atoms with Gasteiger partial charge in [-0.2, -0.15) is 5.10 Å². The van der Waals surface area contributed by atoms with Crippen molar-refractivity contribution >= 4 is 11.7 Å². The van der Waals surface area contributed by atoms with Gasteiger partial charge in [0.2, 0.25) is 5.91 Å². The Bertz CT molecular complexity index is 686. The van der Waals surface area contributed by atoms with Gasteiger partial charge < -0.3 is 5.32 Å². The standard InChI is InChI=1S/C20H28N4O/c1-3-16-8-10-17(11-9-16)14-23(2)15-20(25)22-19-12-13-21-24(19)18-6-4-5-7-18/h8-13,18H,3-7,14-15H2,1-2H3,(H,22,25). The van der Waals surface area contributed by atoms with E-state index >= 15 is 0 Å². The van der Waals surface area contributed by atoms with Crippen molar-refractivity contribution in [2.45, 2.75) is 51.6 Å². The van der Waals surface area contributed by atoms with Crippen LogP contribution >= 0.6 is 0 Å². The summed E-state index contributed by atoms with van der Waals surface area (Å²) in [5.74, 6) is 0.824. The highest BCUT2D eigenvalue weighted by atomic mass is 16.2. The summed E-state index contributed by atoms with van der Waals surface area (Å²) in [5, 5.41) is 7.42. The van der Waals surface area contributed by atoms with Gasteiger partial charge in [-0.25, -0.2) is 4.68 Å². The number of benzene rings is 1. The molecule has 134 valence electrons. The molecule has 2 aromatic rings. The molecule has 5 heteroatoms. The Morgan fingerprint density at radius 3 is 2.56 bits per heavy atom. The maximum absolute atomic E-state index is 12.4. The molecule has 1 aliphatic carbocycles. The zero-order valence-electron chi connectivity index (χ0n) is 15.2. The van der Waals surface area contributed by atoms with Gasteiger partial charge >= 0.3 is 0 Å². The first kappa shape index (κ1) is 17.7. The number of nitrogens with one attached hydrogen (secondary N) is 1. The maximum atomic E-state index is 12.4. The summed E-state index contributed by atoms with van der Waals surface area (Å²) in [4.78, 5) is 14.4. The second-order valence-corrected chi connectivity index (χ2v) is 6.99. The van der Waals surface area contributed by atoms with Crippen molar-refractivity contribution in [2.24, 2.45) is 0 Å². The van der Waals surface area contributed by atoms with Crippen LogP contribution in [0.2, 0.25) is 0 Å². The molecule has 1 amide bonds. The van der Waals surface area contributed by atoms with E-state index in [9.17, 15) is 4.79 Å². The van der Waals surface area contributed by atoms with Crippen LogP contribution in [0, 0.1) is 0 Å². The van der Waals surface area contributed by atoms with E-state index in [1.54, 1.807) is 6.20 Å². The lowest BCUT2D eigenvalue weighted by molar-refractivity contribution is -0.117. The molecule has 0 radical (unpaired) electrons. The molecule has 0 bridgehead atoms. The summed E-state index contributed by atoms with van der Waals surface area (Å²) in [5.41, 5.74) is 2.56. The van der Waals surface area contributed by atoms with E-state index in [0.717, 1.165) is 31.6 Å². The predicted molar refractivity (Wildman–Crippen MR) is 101 cm³/mol. The van der Waals surface area contributed by atoms with Gasteiger partial charge in [0.25, 0.3) is 0 Å². The molecule has 1 fully saturated rings. The Morgan fingerprint density at radius 1 is 1.20 bits per heavy atom. The topological polar surface area (TPSA) is 50.2 Å². The van der Waals surface area contributed by atoms with Gasteiger partial charge in [0.05, 0.1) is 18.8 Å². The van der Waals surface area contributed by atoms with Crippen molar-refractivity contribution in [3.05, 3.63) is 47.7 Å². The Kier molecular flexibility index (Phi) is 5.87. The molecule has 1 aliphatic rings. The lowest BCUT2D eigenvalue weighted by Crippen LogP contribution is -2.30. The molecule has 0 spiro atoms. The number of rotatable bonds is 7. The number of likely N-dealkylation sites (N-methyl/N-ethyl adjacent to an activating group) is 1. The zero-order chi connectivity index (χ0) is 17.6. The molecule has 1 N–H and O–H groups in total. The summed E-state index contributed by atoms with van der Waals surface area (Å²) in [6.07, 6.45) is 7.62. The van der Waals surface area contributed by atoms with Crippen molar-refractivity contribution in [3.63, 3.8) is 0 Å². The monoisotopic (exact) mass is 340 g/mol. The number of amides is 1. The molecule has 1 saturated carbocycles. The Hall–Kier alpha value is -2.14. The molecule has 0 aliphatic heterocycles. The highest BCUT2D eigenvalue weighted by Gasteiger charge is 2.20. The fourth-order valence-corrected chi connectivity index (χ4v) is 3.53. The fourth-order valence-electron chi connectivity index (χ4n) is 3.53. The number of aromatic nitrogens is 2. The number of nitrogens with zero attached hydrogens (tertiary/aromatic N) is 3. The summed E-state index contributed by atoms with van der Waals surface area (Å²) in [7, 11) is 1.97. The van der Waals surface area contributed by atoms with Crippen LogP contribution in [0.25, 0.3) is 0 Å². The predicted octanol–water partition coefficient (Wildman–Crippen LogP) is 3.63. The molecule has 5 nitrogen and oxygen atoms in total. The Labute approximate surface area is 150 Å². The minimum Gasteiger partial charge on any atom is -0.310 e. The second kappa shape index (κ2) is 8.30. The third-order valence-corrected chi connectivity index (χ3v) is 4.91. The number of anilines is 1. The van der Waals surface area contributed by atoms with Crippen molar-refractivity contribution < 1.29 is 4.79 Å². The number of aryl methyl sites for hydroxylation is 1. The van der Waals surface area contributed by atoms with E-state index in [-0.39, 0.29) is 5.91 Å². The van der Waals surface area contributed by atoms with Gasteiger partial charge in [-0.3, -0.25) is 9.69 Å². The van der Waals surface area contributed by atoms with Gasteiger partial charge in [0, 0.05) is 12.6 Å². The molecular weight excluding hydrogens is 312 g/mol. The minimum atomic E-state index is 0.00688. The van der Waals surface area contributed by atoms with Crippen molar-refractivity contribution in [1.82, 2.24) is 14.7 Å². The van der Waals surface area contributed by atoms with Crippen LogP contribution in [0.1, 0.15) is 49.8 Å². The SMILES string of the molecule is CCc1ccc(CN(C)CC(=O)Nc2ccnn2C2CCCC2)cc1. The van der Waals surface area contributed by atoms with Gasteiger partial charge in [-0.1, -0.05) is 44.0 Å². The quantitative estimate of drug-likeness (QED) is 0.837. The molecule has 3 rings (SSSR count). The van der Waals surface area contributed by atoms with Crippen molar-refractivity contribution in [2.75, 3.05) is 18.9 Å². The Balaban J connectivity index is 1.52. The first-order valence-corrected chi connectivity index (χ1v) is 9.25. The molecular formula is C20H28N4O. The van der Waals surface area contributed by atoms with Crippen LogP contribution < -0.4 is 5.32 Å². The molecule has 0 saturated heterocycles. The van der Waals surface area contributed by atoms with Crippen LogP contribution in [0.4, 0.5) is 5.82 Å². The van der Waals surface area contributed by atoms with Crippen molar-refractivity contribution in [3.8, 4) is 0 Å². The van der Waals surface area contributed by atoms with Gasteiger partial charge in [-0.15, -0.1) is 0 Å². The first-order valence-electron chi connectivity index (χ1n) is 9.25. The van der Waals surface area contributed by atoms with E-state index in [1.807, 2.05) is 22.7 Å². The van der Waals surface area contributed by atoms with E-state index in [2.05, 4.69) is 41.6 Å². The largest absolute Gasteiger partial charge is 0.310 e. The van der Waals surface area contributed by atoms with E-state index in [1.165, 1.54) is 24.0 Å². The molecule has 0 atom stereocenters. The van der Waals surface area contributed by atoms with Gasteiger partial charge in [0.1, 0.15) is 5.82 Å². The highest BCUT2D eigenvalue weighted by molar-refractivity contribution is 5.91. The van der Waals surface area contributed by atoms with Gasteiger partial charge in [-0.05, 0) is 37.4 Å². The van der Waals surface area contributed by atoms with Crippen molar-refractivity contribution in [1.29, 1.82) is 0 Å². The normalized spacial score (nSPS) is 15.0. The van der Waals surface area contributed by atoms with Crippen LogP contribution in [0.3, 0.4) is 0 Å². The molecule has 1 heterocycles. The van der Waals surface area contributed by atoms with Crippen LogP contribution in [-0.4, -0.2) is 34.2 Å². The second-order valence-electron chi connectivity index (χ2n) is 6.99. The van der Waals surface area contributed by atoms with E-state index in [4.69, 9.17) is 0 Å². The number of hydrogen-bond donors (Lipinski definition) is 1. The first-order chi connectivity index (χ1) is 12.2. The van der Waals surface area contributed by atoms with E-state index in [0.29, 0.717) is 12.6 Å². The van der Waals surface area contributed by atoms with Crippen LogP contribution in [-0.2, 0) is 17.8 Å². The zero-order valence-corrected chi connectivity index (χ0v) is 15.2. The van der Waals surface area contributed by atoms with E-state index < -0.39 is 0 Å². The summed E-state index contributed by atoms with van der Waals surface area (Å²) in [6.45, 7) is 3.28. The number of carbonyl (C=O) groups excluding carboxylic acids is 1. The maximum Gasteiger partial charge on any atom is 0.239 e. The average Bonchev–Trinajstić information content (AvgIpc) is 3.26. The lowest BCUT2D eigenvalue weighted by atomic mass is 10.1. The smallest absolute Gasteiger partial charge is 0.239 e. The average molecular weight is 340 g/mol. The molecule has 1 aromatic carbocycles.